The van der Waals surface area contributed by atoms with Gasteiger partial charge in [0.15, 0.2) is 0 Å². The van der Waals surface area contributed by atoms with E-state index in [0.29, 0.717) is 19.0 Å². The highest BCUT2D eigenvalue weighted by Crippen LogP contribution is 2.20. The quantitative estimate of drug-likeness (QED) is 0.0458. The molecule has 0 rings (SSSR count). The monoisotopic (exact) mass is 753 g/mol. The summed E-state index contributed by atoms with van der Waals surface area (Å²) in [7, 11) is 0. The van der Waals surface area contributed by atoms with Crippen molar-refractivity contribution in [3.8, 4) is 0 Å². The van der Waals surface area contributed by atoms with Crippen molar-refractivity contribution in [2.45, 2.75) is 258 Å². The molecule has 0 aliphatic carbocycles. The summed E-state index contributed by atoms with van der Waals surface area (Å²) in [6, 6.07) is 0. The first-order chi connectivity index (χ1) is 25.7. The fourth-order valence-corrected chi connectivity index (χ4v) is 8.22. The molecule has 0 amide bonds. The Kier molecular flexibility index (Phi) is 44.1. The fourth-order valence-electron chi connectivity index (χ4n) is 7.10. The molecule has 0 aromatic rings. The Morgan fingerprint density at radius 3 is 1.02 bits per heavy atom. The van der Waals surface area contributed by atoms with Crippen molar-refractivity contribution in [1.29, 1.82) is 0 Å². The topological polar surface area (TPSA) is 52.6 Å². The van der Waals surface area contributed by atoms with Gasteiger partial charge in [0.2, 0.25) is 0 Å². The van der Waals surface area contributed by atoms with E-state index in [1.807, 2.05) is 11.8 Å². The molecule has 0 aromatic carbocycles. The van der Waals surface area contributed by atoms with Crippen molar-refractivity contribution >= 4 is 23.7 Å². The van der Waals surface area contributed by atoms with Crippen LogP contribution >= 0.6 is 11.8 Å². The Morgan fingerprint density at radius 1 is 0.385 bits per heavy atom. The van der Waals surface area contributed by atoms with Crippen LogP contribution in [0.1, 0.15) is 258 Å². The molecular weight excluding hydrogens is 661 g/mol. The van der Waals surface area contributed by atoms with E-state index in [1.54, 1.807) is 0 Å². The molecule has 4 nitrogen and oxygen atoms in total. The Bertz CT molecular complexity index is 714. The Balaban J connectivity index is 4.16. The molecule has 5 heteroatoms. The van der Waals surface area contributed by atoms with Crippen LogP contribution in [0.4, 0.5) is 0 Å². The Hall–Kier alpha value is -0.710. The average molecular weight is 753 g/mol. The molecule has 0 spiro atoms. The molecule has 1 unspecified atom stereocenters. The second kappa shape index (κ2) is 44.7. The maximum absolute atomic E-state index is 13.1. The van der Waals surface area contributed by atoms with E-state index < -0.39 is 5.92 Å². The van der Waals surface area contributed by atoms with Crippen molar-refractivity contribution in [2.24, 2.45) is 5.92 Å². The van der Waals surface area contributed by atoms with Gasteiger partial charge < -0.3 is 9.47 Å². The van der Waals surface area contributed by atoms with Crippen LogP contribution in [0.25, 0.3) is 0 Å². The summed E-state index contributed by atoms with van der Waals surface area (Å²) in [5.74, 6) is 0.873. The summed E-state index contributed by atoms with van der Waals surface area (Å²) in [5.41, 5.74) is 0. The van der Waals surface area contributed by atoms with Crippen molar-refractivity contribution in [1.82, 2.24) is 0 Å². The third-order valence-electron chi connectivity index (χ3n) is 10.7. The number of ether oxygens (including phenoxy) is 2. The third kappa shape index (κ3) is 40.5. The second-order valence-corrected chi connectivity index (χ2v) is 17.2. The van der Waals surface area contributed by atoms with Gasteiger partial charge in [-0.25, -0.2) is 0 Å². The fraction of sp³-hybridized carbons (Fsp3) is 0.957. The normalized spacial score (nSPS) is 12.0. The lowest BCUT2D eigenvalue weighted by Gasteiger charge is -2.16. The van der Waals surface area contributed by atoms with Crippen molar-refractivity contribution in [2.75, 3.05) is 24.7 Å². The summed E-state index contributed by atoms with van der Waals surface area (Å²) >= 11 is 1.81. The van der Waals surface area contributed by atoms with E-state index in [4.69, 9.17) is 9.47 Å². The van der Waals surface area contributed by atoms with Gasteiger partial charge >= 0.3 is 11.9 Å². The van der Waals surface area contributed by atoms with Crippen LogP contribution in [0.5, 0.6) is 0 Å². The van der Waals surface area contributed by atoms with Gasteiger partial charge in [-0.2, -0.15) is 11.8 Å². The third-order valence-corrected chi connectivity index (χ3v) is 11.9. The molecule has 310 valence electrons. The lowest BCUT2D eigenvalue weighted by Crippen LogP contribution is -2.25. The first-order valence-corrected chi connectivity index (χ1v) is 24.7. The molecule has 0 saturated carbocycles. The summed E-state index contributed by atoms with van der Waals surface area (Å²) in [6.07, 6.45) is 47.4. The van der Waals surface area contributed by atoms with E-state index in [9.17, 15) is 9.59 Å². The zero-order valence-electron chi connectivity index (χ0n) is 35.6. The summed E-state index contributed by atoms with van der Waals surface area (Å²) in [5, 5.41) is 0. The summed E-state index contributed by atoms with van der Waals surface area (Å²) in [6.45, 7) is 7.77. The molecule has 0 aromatic heterocycles. The number of thioether (sulfide) groups is 1. The zero-order valence-corrected chi connectivity index (χ0v) is 36.4. The molecule has 0 heterocycles. The highest BCUT2D eigenvalue weighted by Gasteiger charge is 2.24. The van der Waals surface area contributed by atoms with Crippen LogP contribution < -0.4 is 0 Å². The number of hydrogen-bond acceptors (Lipinski definition) is 5. The molecule has 1 atom stereocenters. The molecule has 0 saturated heterocycles. The highest BCUT2D eigenvalue weighted by molar-refractivity contribution is 7.99. The van der Waals surface area contributed by atoms with Crippen molar-refractivity contribution < 1.29 is 19.1 Å². The minimum absolute atomic E-state index is 0.153. The maximum atomic E-state index is 13.1. The zero-order chi connectivity index (χ0) is 37.8. The maximum Gasteiger partial charge on any atom is 0.310 e. The van der Waals surface area contributed by atoms with Crippen molar-refractivity contribution in [3.63, 3.8) is 0 Å². The van der Waals surface area contributed by atoms with Crippen LogP contribution in [0.2, 0.25) is 0 Å². The average Bonchev–Trinajstić information content (AvgIpc) is 3.14. The number of unbranched alkanes of at least 4 members (excludes halogenated alkanes) is 33. The Labute approximate surface area is 330 Å². The highest BCUT2D eigenvalue weighted by atomic mass is 32.2. The van der Waals surface area contributed by atoms with Gasteiger partial charge in [0, 0.05) is 5.75 Å². The van der Waals surface area contributed by atoms with E-state index in [2.05, 4.69) is 20.8 Å². The molecular formula is C47H92O4S. The largest absolute Gasteiger partial charge is 0.466 e. The van der Waals surface area contributed by atoms with Gasteiger partial charge in [-0.3, -0.25) is 9.59 Å². The number of esters is 2. The van der Waals surface area contributed by atoms with E-state index >= 15 is 0 Å². The molecule has 0 fully saturated rings. The standard InChI is InChI=1S/C47H92O4S/c1-4-7-10-13-16-19-22-23-24-25-26-27-30-33-36-39-42-52-44-45(47(49)51-41-38-35-32-29-21-18-15-12-9-6-3)43-46(48)50-40-37-34-31-28-20-17-14-11-8-5-2/h45H,4-44H2,1-3H3. The summed E-state index contributed by atoms with van der Waals surface area (Å²) in [4.78, 5) is 25.8. The van der Waals surface area contributed by atoms with Gasteiger partial charge in [-0.1, -0.05) is 233 Å². The predicted molar refractivity (Wildman–Crippen MR) is 231 cm³/mol. The molecule has 0 bridgehead atoms. The lowest BCUT2D eigenvalue weighted by atomic mass is 10.0. The molecule has 0 aliphatic heterocycles. The Morgan fingerprint density at radius 2 is 0.673 bits per heavy atom. The van der Waals surface area contributed by atoms with E-state index in [1.165, 1.54) is 205 Å². The first kappa shape index (κ1) is 51.3. The van der Waals surface area contributed by atoms with Crippen LogP contribution in [0.3, 0.4) is 0 Å². The van der Waals surface area contributed by atoms with Gasteiger partial charge in [0.25, 0.3) is 0 Å². The molecule has 0 aliphatic rings. The van der Waals surface area contributed by atoms with Crippen LogP contribution in [0.15, 0.2) is 0 Å². The van der Waals surface area contributed by atoms with Crippen LogP contribution in [-0.4, -0.2) is 36.7 Å². The van der Waals surface area contributed by atoms with Gasteiger partial charge in [-0.15, -0.1) is 0 Å². The smallest absolute Gasteiger partial charge is 0.310 e. The number of hydrogen-bond donors (Lipinski definition) is 0. The van der Waals surface area contributed by atoms with E-state index in [-0.39, 0.29) is 18.4 Å². The summed E-state index contributed by atoms with van der Waals surface area (Å²) < 4.78 is 11.3. The SMILES string of the molecule is CCCCCCCCCCCCCCCCCCSCC(CC(=O)OCCCCCCCCCCCC)C(=O)OCCCCCCCCCCCC. The molecule has 0 N–H and O–H groups in total. The minimum Gasteiger partial charge on any atom is -0.466 e. The predicted octanol–water partition coefficient (Wildman–Crippen LogP) is 15.9. The van der Waals surface area contributed by atoms with Gasteiger partial charge in [0.05, 0.1) is 25.6 Å². The van der Waals surface area contributed by atoms with Gasteiger partial charge in [0.1, 0.15) is 0 Å². The number of rotatable bonds is 44. The minimum atomic E-state index is -0.394. The van der Waals surface area contributed by atoms with E-state index in [0.717, 1.165) is 31.4 Å². The number of carbonyl (C=O) groups excluding carboxylic acids is 2. The molecule has 0 radical (unpaired) electrons. The first-order valence-electron chi connectivity index (χ1n) is 23.6. The number of carbonyl (C=O) groups is 2. The van der Waals surface area contributed by atoms with Crippen LogP contribution in [0, 0.1) is 5.92 Å². The second-order valence-electron chi connectivity index (χ2n) is 16.0. The van der Waals surface area contributed by atoms with Crippen molar-refractivity contribution in [3.05, 3.63) is 0 Å². The molecule has 52 heavy (non-hydrogen) atoms. The lowest BCUT2D eigenvalue weighted by molar-refractivity contribution is -0.154. The van der Waals surface area contributed by atoms with Gasteiger partial charge in [-0.05, 0) is 25.0 Å². The van der Waals surface area contributed by atoms with Crippen LogP contribution in [-0.2, 0) is 19.1 Å².